The van der Waals surface area contributed by atoms with Crippen LogP contribution in [0, 0.1) is 24.0 Å². The standard InChI is InChI=1S/C19H20N2O6/c1-11-5-6-14(9-12(11)2)19(23)27-13(3)18(22)20-16-10-15(21(24)25)7-8-17(16)26-4/h5-10,13H,1-4H3,(H,20,22)/t13-/m1/s1. The molecule has 0 radical (unpaired) electrons. The Morgan fingerprint density at radius 3 is 2.41 bits per heavy atom. The van der Waals surface area contributed by atoms with E-state index in [9.17, 15) is 19.7 Å². The van der Waals surface area contributed by atoms with Crippen molar-refractivity contribution in [3.8, 4) is 5.75 Å². The fourth-order valence-corrected chi connectivity index (χ4v) is 2.29. The topological polar surface area (TPSA) is 108 Å². The average molecular weight is 372 g/mol. The molecule has 0 spiro atoms. The Bertz CT molecular complexity index is 894. The van der Waals surface area contributed by atoms with Gasteiger partial charge in [-0.25, -0.2) is 4.79 Å². The van der Waals surface area contributed by atoms with E-state index in [0.29, 0.717) is 5.56 Å². The highest BCUT2D eigenvalue weighted by atomic mass is 16.6. The molecule has 0 saturated carbocycles. The molecular weight excluding hydrogens is 352 g/mol. The summed E-state index contributed by atoms with van der Waals surface area (Å²) in [7, 11) is 1.38. The Kier molecular flexibility index (Phi) is 6.12. The molecule has 2 aromatic rings. The smallest absolute Gasteiger partial charge is 0.338 e. The van der Waals surface area contributed by atoms with Gasteiger partial charge in [0.1, 0.15) is 5.75 Å². The second-order valence-corrected chi connectivity index (χ2v) is 5.98. The van der Waals surface area contributed by atoms with Crippen molar-refractivity contribution in [2.24, 2.45) is 0 Å². The zero-order chi connectivity index (χ0) is 20.1. The number of ether oxygens (including phenoxy) is 2. The van der Waals surface area contributed by atoms with E-state index in [2.05, 4.69) is 5.32 Å². The van der Waals surface area contributed by atoms with E-state index in [1.165, 1.54) is 32.2 Å². The molecule has 8 heteroatoms. The molecule has 0 fully saturated rings. The van der Waals surface area contributed by atoms with Crippen LogP contribution in [-0.2, 0) is 9.53 Å². The summed E-state index contributed by atoms with van der Waals surface area (Å²) in [5.74, 6) is -1.01. The van der Waals surface area contributed by atoms with Gasteiger partial charge in [0, 0.05) is 12.1 Å². The van der Waals surface area contributed by atoms with Crippen molar-refractivity contribution in [1.82, 2.24) is 0 Å². The summed E-state index contributed by atoms with van der Waals surface area (Å²) in [4.78, 5) is 34.9. The van der Waals surface area contributed by atoms with Crippen LogP contribution in [0.5, 0.6) is 5.75 Å². The number of nitrogens with zero attached hydrogens (tertiary/aromatic N) is 1. The largest absolute Gasteiger partial charge is 0.495 e. The van der Waals surface area contributed by atoms with Gasteiger partial charge in [-0.2, -0.15) is 0 Å². The molecule has 1 atom stereocenters. The molecule has 2 rings (SSSR count). The van der Waals surface area contributed by atoms with Crippen LogP contribution in [0.4, 0.5) is 11.4 Å². The van der Waals surface area contributed by atoms with E-state index < -0.39 is 22.9 Å². The predicted octanol–water partition coefficient (Wildman–Crippen LogP) is 3.40. The summed E-state index contributed by atoms with van der Waals surface area (Å²) in [5.41, 5.74) is 2.22. The van der Waals surface area contributed by atoms with Crippen molar-refractivity contribution in [2.75, 3.05) is 12.4 Å². The minimum Gasteiger partial charge on any atom is -0.495 e. The maximum atomic E-state index is 12.3. The first-order valence-electron chi connectivity index (χ1n) is 8.14. The van der Waals surface area contributed by atoms with Gasteiger partial charge < -0.3 is 14.8 Å². The number of esters is 1. The highest BCUT2D eigenvalue weighted by molar-refractivity contribution is 5.98. The molecule has 0 aliphatic heterocycles. The van der Waals surface area contributed by atoms with Crippen molar-refractivity contribution in [3.63, 3.8) is 0 Å². The van der Waals surface area contributed by atoms with Crippen LogP contribution in [-0.4, -0.2) is 30.0 Å². The minimum absolute atomic E-state index is 0.116. The fraction of sp³-hybridized carbons (Fsp3) is 0.263. The zero-order valence-electron chi connectivity index (χ0n) is 15.4. The monoisotopic (exact) mass is 372 g/mol. The van der Waals surface area contributed by atoms with Gasteiger partial charge in [0.05, 0.1) is 23.3 Å². The normalized spacial score (nSPS) is 11.4. The summed E-state index contributed by atoms with van der Waals surface area (Å²) in [6.07, 6.45) is -1.11. The molecule has 2 aromatic carbocycles. The Morgan fingerprint density at radius 2 is 1.81 bits per heavy atom. The molecule has 1 amide bonds. The number of nitro groups is 1. The number of nitro benzene ring substituents is 1. The van der Waals surface area contributed by atoms with Crippen LogP contribution >= 0.6 is 0 Å². The molecular formula is C19H20N2O6. The highest BCUT2D eigenvalue weighted by Gasteiger charge is 2.21. The molecule has 1 N–H and O–H groups in total. The van der Waals surface area contributed by atoms with Gasteiger partial charge >= 0.3 is 5.97 Å². The molecule has 0 aromatic heterocycles. The second-order valence-electron chi connectivity index (χ2n) is 5.98. The number of anilines is 1. The summed E-state index contributed by atoms with van der Waals surface area (Å²) < 4.78 is 10.3. The molecule has 0 unspecified atom stereocenters. The predicted molar refractivity (Wildman–Crippen MR) is 99.1 cm³/mol. The Hall–Kier alpha value is -3.42. The number of hydrogen-bond donors (Lipinski definition) is 1. The Balaban J connectivity index is 2.11. The van der Waals surface area contributed by atoms with Gasteiger partial charge in [0.2, 0.25) is 0 Å². The summed E-state index contributed by atoms with van der Waals surface area (Å²) in [5, 5.41) is 13.4. The van der Waals surface area contributed by atoms with E-state index in [0.717, 1.165) is 11.1 Å². The van der Waals surface area contributed by atoms with Gasteiger partial charge in [-0.3, -0.25) is 14.9 Å². The lowest BCUT2D eigenvalue weighted by atomic mass is 10.1. The van der Waals surface area contributed by atoms with E-state index in [1.54, 1.807) is 18.2 Å². The third-order valence-corrected chi connectivity index (χ3v) is 4.05. The number of nitrogens with one attached hydrogen (secondary N) is 1. The number of benzene rings is 2. The maximum Gasteiger partial charge on any atom is 0.338 e. The SMILES string of the molecule is COc1ccc([N+](=O)[O-])cc1NC(=O)[C@@H](C)OC(=O)c1ccc(C)c(C)c1. The molecule has 8 nitrogen and oxygen atoms in total. The number of aryl methyl sites for hydroxylation is 2. The molecule has 27 heavy (non-hydrogen) atoms. The first kappa shape index (κ1) is 19.9. The molecule has 0 bridgehead atoms. The van der Waals surface area contributed by atoms with Gasteiger partial charge in [-0.15, -0.1) is 0 Å². The first-order chi connectivity index (χ1) is 12.7. The van der Waals surface area contributed by atoms with E-state index in [1.807, 2.05) is 13.8 Å². The van der Waals surface area contributed by atoms with Gasteiger partial charge in [0.25, 0.3) is 11.6 Å². The number of methoxy groups -OCH3 is 1. The lowest BCUT2D eigenvalue weighted by molar-refractivity contribution is -0.384. The van der Waals surface area contributed by atoms with Gasteiger partial charge in [-0.05, 0) is 50.1 Å². The lowest BCUT2D eigenvalue weighted by Gasteiger charge is -2.15. The zero-order valence-corrected chi connectivity index (χ0v) is 15.4. The van der Waals surface area contributed by atoms with Crippen molar-refractivity contribution >= 4 is 23.3 Å². The third-order valence-electron chi connectivity index (χ3n) is 4.05. The summed E-state index contributed by atoms with van der Waals surface area (Å²) >= 11 is 0. The second kappa shape index (κ2) is 8.31. The molecule has 0 aliphatic carbocycles. The first-order valence-corrected chi connectivity index (χ1v) is 8.14. The fourth-order valence-electron chi connectivity index (χ4n) is 2.29. The number of carbonyl (C=O) groups is 2. The van der Waals surface area contributed by atoms with Crippen LogP contribution in [0.1, 0.15) is 28.4 Å². The van der Waals surface area contributed by atoms with Crippen LogP contribution in [0.15, 0.2) is 36.4 Å². The number of rotatable bonds is 6. The number of hydrogen-bond acceptors (Lipinski definition) is 6. The van der Waals surface area contributed by atoms with Crippen LogP contribution < -0.4 is 10.1 Å². The van der Waals surface area contributed by atoms with E-state index in [4.69, 9.17) is 9.47 Å². The van der Waals surface area contributed by atoms with Crippen molar-refractivity contribution in [2.45, 2.75) is 26.9 Å². The van der Waals surface area contributed by atoms with Crippen LogP contribution in [0.3, 0.4) is 0 Å². The Morgan fingerprint density at radius 1 is 1.11 bits per heavy atom. The molecule has 142 valence electrons. The van der Waals surface area contributed by atoms with Crippen molar-refractivity contribution < 1.29 is 24.0 Å². The van der Waals surface area contributed by atoms with Gasteiger partial charge in [0.15, 0.2) is 6.10 Å². The van der Waals surface area contributed by atoms with Crippen molar-refractivity contribution in [1.29, 1.82) is 0 Å². The van der Waals surface area contributed by atoms with Crippen molar-refractivity contribution in [3.05, 3.63) is 63.2 Å². The molecule has 0 heterocycles. The van der Waals surface area contributed by atoms with Crippen LogP contribution in [0.25, 0.3) is 0 Å². The number of carbonyl (C=O) groups excluding carboxylic acids is 2. The van der Waals surface area contributed by atoms with E-state index >= 15 is 0 Å². The average Bonchev–Trinajstić information content (AvgIpc) is 2.63. The summed E-state index contributed by atoms with van der Waals surface area (Å²) in [6.45, 7) is 5.21. The van der Waals surface area contributed by atoms with Gasteiger partial charge in [-0.1, -0.05) is 6.07 Å². The minimum atomic E-state index is -1.11. The quantitative estimate of drug-likeness (QED) is 0.473. The van der Waals surface area contributed by atoms with Crippen LogP contribution in [0.2, 0.25) is 0 Å². The summed E-state index contributed by atoms with van der Waals surface area (Å²) in [6, 6.07) is 8.92. The lowest BCUT2D eigenvalue weighted by Crippen LogP contribution is -2.30. The molecule has 0 aliphatic rings. The third kappa shape index (κ3) is 4.81. The number of amides is 1. The Labute approximate surface area is 156 Å². The maximum absolute atomic E-state index is 12.3. The van der Waals surface area contributed by atoms with E-state index in [-0.39, 0.29) is 17.1 Å². The number of non-ortho nitro benzene ring substituents is 1. The molecule has 0 saturated heterocycles. The highest BCUT2D eigenvalue weighted by Crippen LogP contribution is 2.29.